The Balaban J connectivity index is 2.16. The zero-order chi connectivity index (χ0) is 12.3. The van der Waals surface area contributed by atoms with Gasteiger partial charge >= 0.3 is 0 Å². The molecule has 2 rings (SSSR count). The van der Waals surface area contributed by atoms with Crippen LogP contribution in [0.4, 0.5) is 0 Å². The van der Waals surface area contributed by atoms with Gasteiger partial charge in [0.05, 0.1) is 12.4 Å². The fraction of sp³-hybridized carbons (Fsp3) is 0.333. The van der Waals surface area contributed by atoms with Crippen LogP contribution in [0.3, 0.4) is 0 Å². The van der Waals surface area contributed by atoms with E-state index in [-0.39, 0.29) is 6.04 Å². The second-order valence-corrected chi connectivity index (χ2v) is 3.89. The summed E-state index contributed by atoms with van der Waals surface area (Å²) in [4.78, 5) is 4.17. The number of hydrogen-bond acceptors (Lipinski definition) is 4. The Morgan fingerprint density at radius 3 is 2.94 bits per heavy atom. The molecule has 0 saturated carbocycles. The Bertz CT molecular complexity index is 495. The zero-order valence-electron chi connectivity index (χ0n) is 10.2. The normalized spacial score (nSPS) is 12.4. The monoisotopic (exact) mass is 232 g/mol. The van der Waals surface area contributed by atoms with Crippen molar-refractivity contribution in [2.24, 2.45) is 7.05 Å². The maximum Gasteiger partial charge on any atom is 0.219 e. The van der Waals surface area contributed by atoms with Crippen molar-refractivity contribution in [1.29, 1.82) is 0 Å². The van der Waals surface area contributed by atoms with Gasteiger partial charge in [-0.2, -0.15) is 5.10 Å². The van der Waals surface area contributed by atoms with Crippen LogP contribution in [0.5, 0.6) is 11.6 Å². The van der Waals surface area contributed by atoms with E-state index in [0.717, 1.165) is 5.56 Å². The van der Waals surface area contributed by atoms with E-state index in [1.54, 1.807) is 23.3 Å². The second-order valence-electron chi connectivity index (χ2n) is 3.89. The average molecular weight is 232 g/mol. The predicted molar refractivity (Wildman–Crippen MR) is 65.0 cm³/mol. The summed E-state index contributed by atoms with van der Waals surface area (Å²) in [6, 6.07) is 4.17. The molecule has 1 atom stereocenters. The Labute approximate surface area is 100 Å². The van der Waals surface area contributed by atoms with Crippen LogP contribution in [0.15, 0.2) is 30.7 Å². The lowest BCUT2D eigenvalue weighted by molar-refractivity contribution is 0.460. The summed E-state index contributed by atoms with van der Waals surface area (Å²) in [6.07, 6.45) is 5.21. The maximum atomic E-state index is 5.61. The number of nitrogens with one attached hydrogen (secondary N) is 1. The third-order valence-corrected chi connectivity index (χ3v) is 2.60. The molecule has 2 aromatic rings. The van der Waals surface area contributed by atoms with Gasteiger partial charge in [0, 0.05) is 25.4 Å². The lowest BCUT2D eigenvalue weighted by Crippen LogP contribution is -2.12. The standard InChI is InChI=1S/C12H16N4O/c1-9(13-2)10-4-5-14-12(6-10)17-11-7-15-16(3)8-11/h4-9,13H,1-3H3. The Morgan fingerprint density at radius 1 is 1.47 bits per heavy atom. The van der Waals surface area contributed by atoms with Crippen molar-refractivity contribution in [2.45, 2.75) is 13.0 Å². The molecule has 0 aromatic carbocycles. The molecule has 0 spiro atoms. The highest BCUT2D eigenvalue weighted by Gasteiger charge is 2.06. The highest BCUT2D eigenvalue weighted by Crippen LogP contribution is 2.21. The van der Waals surface area contributed by atoms with Crippen LogP contribution >= 0.6 is 0 Å². The van der Waals surface area contributed by atoms with E-state index in [0.29, 0.717) is 11.6 Å². The highest BCUT2D eigenvalue weighted by molar-refractivity contribution is 5.27. The number of nitrogens with zero attached hydrogens (tertiary/aromatic N) is 3. The molecule has 0 radical (unpaired) electrons. The lowest BCUT2D eigenvalue weighted by Gasteiger charge is -2.11. The van der Waals surface area contributed by atoms with Gasteiger partial charge in [0.1, 0.15) is 0 Å². The van der Waals surface area contributed by atoms with Crippen molar-refractivity contribution in [2.75, 3.05) is 7.05 Å². The van der Waals surface area contributed by atoms with E-state index in [1.165, 1.54) is 0 Å². The maximum absolute atomic E-state index is 5.61. The minimum Gasteiger partial charge on any atom is -0.436 e. The van der Waals surface area contributed by atoms with Crippen LogP contribution in [0, 0.1) is 0 Å². The van der Waals surface area contributed by atoms with E-state index in [4.69, 9.17) is 4.74 Å². The summed E-state index contributed by atoms with van der Waals surface area (Å²) >= 11 is 0. The largest absolute Gasteiger partial charge is 0.436 e. The molecule has 0 aliphatic rings. The van der Waals surface area contributed by atoms with Crippen LogP contribution in [-0.4, -0.2) is 21.8 Å². The topological polar surface area (TPSA) is 52.0 Å². The predicted octanol–water partition coefficient (Wildman–Crippen LogP) is 1.89. The smallest absolute Gasteiger partial charge is 0.219 e. The van der Waals surface area contributed by atoms with Gasteiger partial charge < -0.3 is 10.1 Å². The van der Waals surface area contributed by atoms with E-state index in [1.807, 2.05) is 26.2 Å². The number of hydrogen-bond donors (Lipinski definition) is 1. The fourth-order valence-corrected chi connectivity index (χ4v) is 1.49. The molecule has 2 heterocycles. The molecule has 0 bridgehead atoms. The third-order valence-electron chi connectivity index (χ3n) is 2.60. The highest BCUT2D eigenvalue weighted by atomic mass is 16.5. The van der Waals surface area contributed by atoms with Gasteiger partial charge in [-0.15, -0.1) is 0 Å². The van der Waals surface area contributed by atoms with Gasteiger partial charge in [0.25, 0.3) is 0 Å². The van der Waals surface area contributed by atoms with E-state index < -0.39 is 0 Å². The van der Waals surface area contributed by atoms with Gasteiger partial charge in [-0.25, -0.2) is 4.98 Å². The lowest BCUT2D eigenvalue weighted by atomic mass is 10.1. The third kappa shape index (κ3) is 2.82. The van der Waals surface area contributed by atoms with Crippen LogP contribution in [0.2, 0.25) is 0 Å². The van der Waals surface area contributed by atoms with Crippen molar-refractivity contribution in [3.63, 3.8) is 0 Å². The molecule has 2 aromatic heterocycles. The molecule has 1 unspecified atom stereocenters. The Kier molecular flexibility index (Phi) is 3.39. The SMILES string of the molecule is CNC(C)c1ccnc(Oc2cnn(C)c2)c1. The molecule has 0 saturated heterocycles. The number of aromatic nitrogens is 3. The molecule has 17 heavy (non-hydrogen) atoms. The number of ether oxygens (including phenoxy) is 1. The summed E-state index contributed by atoms with van der Waals surface area (Å²) in [5, 5.41) is 7.21. The zero-order valence-corrected chi connectivity index (χ0v) is 10.2. The van der Waals surface area contributed by atoms with Crippen molar-refractivity contribution >= 4 is 0 Å². The van der Waals surface area contributed by atoms with Crippen molar-refractivity contribution in [3.8, 4) is 11.6 Å². The molecule has 0 aliphatic heterocycles. The van der Waals surface area contributed by atoms with Gasteiger partial charge in [-0.05, 0) is 25.6 Å². The van der Waals surface area contributed by atoms with E-state index >= 15 is 0 Å². The molecular formula is C12H16N4O. The minimum atomic E-state index is 0.272. The van der Waals surface area contributed by atoms with Crippen LogP contribution in [0.1, 0.15) is 18.5 Å². The molecular weight excluding hydrogens is 216 g/mol. The molecule has 0 amide bonds. The Hall–Kier alpha value is -1.88. The van der Waals surface area contributed by atoms with Crippen molar-refractivity contribution in [1.82, 2.24) is 20.1 Å². The van der Waals surface area contributed by atoms with Gasteiger partial charge in [-0.3, -0.25) is 4.68 Å². The molecule has 5 nitrogen and oxygen atoms in total. The van der Waals surface area contributed by atoms with Crippen LogP contribution < -0.4 is 10.1 Å². The van der Waals surface area contributed by atoms with Crippen molar-refractivity contribution in [3.05, 3.63) is 36.3 Å². The number of aryl methyl sites for hydroxylation is 1. The molecule has 90 valence electrons. The van der Waals surface area contributed by atoms with E-state index in [9.17, 15) is 0 Å². The number of rotatable bonds is 4. The first kappa shape index (κ1) is 11.6. The second kappa shape index (κ2) is 4.97. The first-order chi connectivity index (χ1) is 8.19. The van der Waals surface area contributed by atoms with Gasteiger partial charge in [0.2, 0.25) is 5.88 Å². The fourth-order valence-electron chi connectivity index (χ4n) is 1.49. The number of pyridine rings is 1. The van der Waals surface area contributed by atoms with Gasteiger partial charge in [-0.1, -0.05) is 0 Å². The quantitative estimate of drug-likeness (QED) is 0.874. The van der Waals surface area contributed by atoms with Gasteiger partial charge in [0.15, 0.2) is 5.75 Å². The summed E-state index contributed by atoms with van der Waals surface area (Å²) in [7, 11) is 3.77. The summed E-state index contributed by atoms with van der Waals surface area (Å²) in [5.74, 6) is 1.27. The molecule has 5 heteroatoms. The molecule has 0 fully saturated rings. The minimum absolute atomic E-state index is 0.272. The summed E-state index contributed by atoms with van der Waals surface area (Å²) in [6.45, 7) is 2.09. The van der Waals surface area contributed by atoms with Crippen LogP contribution in [0.25, 0.3) is 0 Å². The first-order valence-corrected chi connectivity index (χ1v) is 5.49. The molecule has 1 N–H and O–H groups in total. The van der Waals surface area contributed by atoms with E-state index in [2.05, 4.69) is 22.3 Å². The average Bonchev–Trinajstić information content (AvgIpc) is 2.74. The molecule has 0 aliphatic carbocycles. The summed E-state index contributed by atoms with van der Waals surface area (Å²) in [5.41, 5.74) is 1.14. The van der Waals surface area contributed by atoms with Crippen LogP contribution in [-0.2, 0) is 7.05 Å². The summed E-state index contributed by atoms with van der Waals surface area (Å²) < 4.78 is 7.30. The first-order valence-electron chi connectivity index (χ1n) is 5.49. The van der Waals surface area contributed by atoms with Crippen molar-refractivity contribution < 1.29 is 4.74 Å². The Morgan fingerprint density at radius 2 is 2.29 bits per heavy atom.